The highest BCUT2D eigenvalue weighted by Gasteiger charge is 2.13. The molecule has 17 heavy (non-hydrogen) atoms. The number of likely N-dealkylation sites (N-methyl/N-ethyl adjacent to an activating group) is 1. The second-order valence-electron chi connectivity index (χ2n) is 4.09. The van der Waals surface area contributed by atoms with Gasteiger partial charge in [-0.15, -0.1) is 0 Å². The molecule has 1 unspecified atom stereocenters. The molecule has 0 N–H and O–H groups in total. The van der Waals surface area contributed by atoms with E-state index in [0.717, 1.165) is 25.4 Å². The van der Waals surface area contributed by atoms with Gasteiger partial charge >= 0.3 is 0 Å². The molecule has 0 bridgehead atoms. The van der Waals surface area contributed by atoms with Crippen LogP contribution in [0, 0.1) is 11.3 Å². The summed E-state index contributed by atoms with van der Waals surface area (Å²) in [6.45, 7) is 4.95. The van der Waals surface area contributed by atoms with Crippen LogP contribution in [0.3, 0.4) is 0 Å². The summed E-state index contributed by atoms with van der Waals surface area (Å²) in [5.74, 6) is 1.28. The molecule has 1 aromatic carbocycles. The average Bonchev–Trinajstić information content (AvgIpc) is 2.40. The zero-order valence-electron chi connectivity index (χ0n) is 10.3. The normalized spacial score (nSPS) is 12.4. The Balaban J connectivity index is 2.59. The van der Waals surface area contributed by atoms with Crippen LogP contribution >= 0.6 is 12.6 Å². The predicted molar refractivity (Wildman–Crippen MR) is 75.4 cm³/mol. The van der Waals surface area contributed by atoms with E-state index in [0.29, 0.717) is 12.3 Å². The Bertz CT molecular complexity index is 345. The quantitative estimate of drug-likeness (QED) is 0.751. The van der Waals surface area contributed by atoms with Crippen molar-refractivity contribution in [3.8, 4) is 6.07 Å². The fourth-order valence-electron chi connectivity index (χ4n) is 1.89. The van der Waals surface area contributed by atoms with Gasteiger partial charge in [0.1, 0.15) is 0 Å². The maximum absolute atomic E-state index is 8.63. The average molecular weight is 248 g/mol. The molecule has 0 aliphatic carbocycles. The van der Waals surface area contributed by atoms with Gasteiger partial charge in [0.05, 0.1) is 6.07 Å². The first-order valence-corrected chi connectivity index (χ1v) is 6.70. The maximum atomic E-state index is 8.63. The Morgan fingerprint density at radius 3 is 2.59 bits per heavy atom. The van der Waals surface area contributed by atoms with Crippen LogP contribution in [0.25, 0.3) is 0 Å². The Morgan fingerprint density at radius 2 is 2.06 bits per heavy atom. The number of benzene rings is 1. The van der Waals surface area contributed by atoms with Crippen molar-refractivity contribution in [2.45, 2.75) is 19.3 Å². The van der Waals surface area contributed by atoms with Gasteiger partial charge in [-0.25, -0.2) is 0 Å². The number of nitrogens with zero attached hydrogens (tertiary/aromatic N) is 2. The van der Waals surface area contributed by atoms with Gasteiger partial charge in [-0.2, -0.15) is 17.9 Å². The van der Waals surface area contributed by atoms with Gasteiger partial charge in [-0.05, 0) is 17.9 Å². The van der Waals surface area contributed by atoms with Crippen LogP contribution in [-0.2, 0) is 0 Å². The first kappa shape index (κ1) is 14.1. The van der Waals surface area contributed by atoms with Crippen LogP contribution < -0.4 is 0 Å². The van der Waals surface area contributed by atoms with Crippen molar-refractivity contribution in [1.29, 1.82) is 5.26 Å². The molecule has 3 heteroatoms. The third-order valence-electron chi connectivity index (χ3n) is 2.96. The van der Waals surface area contributed by atoms with Crippen LogP contribution in [0.15, 0.2) is 30.3 Å². The molecule has 1 aromatic rings. The lowest BCUT2D eigenvalue weighted by Crippen LogP contribution is -2.30. The van der Waals surface area contributed by atoms with Crippen LogP contribution in [0.4, 0.5) is 0 Å². The fourth-order valence-corrected chi connectivity index (χ4v) is 2.22. The Kier molecular flexibility index (Phi) is 6.76. The van der Waals surface area contributed by atoms with Crippen LogP contribution in [0.1, 0.15) is 24.8 Å². The minimum absolute atomic E-state index is 0.443. The summed E-state index contributed by atoms with van der Waals surface area (Å²) in [6, 6.07) is 12.7. The number of nitriles is 1. The van der Waals surface area contributed by atoms with Crippen molar-refractivity contribution >= 4 is 12.6 Å². The highest BCUT2D eigenvalue weighted by atomic mass is 32.1. The lowest BCUT2D eigenvalue weighted by Gasteiger charge is -2.25. The monoisotopic (exact) mass is 248 g/mol. The third kappa shape index (κ3) is 4.80. The van der Waals surface area contributed by atoms with Crippen molar-refractivity contribution in [3.63, 3.8) is 0 Å². The lowest BCUT2D eigenvalue weighted by molar-refractivity contribution is 0.281. The minimum atomic E-state index is 0.443. The van der Waals surface area contributed by atoms with Crippen LogP contribution in [0.2, 0.25) is 0 Å². The van der Waals surface area contributed by atoms with E-state index in [1.807, 2.05) is 6.07 Å². The van der Waals surface area contributed by atoms with Crippen molar-refractivity contribution in [1.82, 2.24) is 4.90 Å². The number of hydrogen-bond acceptors (Lipinski definition) is 3. The molecular weight excluding hydrogens is 228 g/mol. The molecular formula is C14H20N2S. The molecule has 0 radical (unpaired) electrons. The zero-order valence-corrected chi connectivity index (χ0v) is 11.2. The number of rotatable bonds is 7. The highest BCUT2D eigenvalue weighted by Crippen LogP contribution is 2.18. The summed E-state index contributed by atoms with van der Waals surface area (Å²) in [7, 11) is 0. The lowest BCUT2D eigenvalue weighted by atomic mass is 10.0. The van der Waals surface area contributed by atoms with E-state index in [2.05, 4.69) is 54.8 Å². The Labute approximate surface area is 110 Å². The standard InChI is InChI=1S/C14H20N2S/c1-2-16(10-6-9-15)11-14(12-17)13-7-4-3-5-8-13/h3-5,7-8,14,17H,2,6,10-12H2,1H3. The second kappa shape index (κ2) is 8.16. The highest BCUT2D eigenvalue weighted by molar-refractivity contribution is 7.80. The molecule has 1 rings (SSSR count). The number of thiol groups is 1. The van der Waals surface area contributed by atoms with E-state index < -0.39 is 0 Å². The van der Waals surface area contributed by atoms with Crippen molar-refractivity contribution in [2.75, 3.05) is 25.4 Å². The van der Waals surface area contributed by atoms with Gasteiger partial charge in [0.25, 0.3) is 0 Å². The Morgan fingerprint density at radius 1 is 1.35 bits per heavy atom. The van der Waals surface area contributed by atoms with E-state index in [9.17, 15) is 0 Å². The summed E-state index contributed by atoms with van der Waals surface area (Å²) in [6.07, 6.45) is 0.599. The van der Waals surface area contributed by atoms with Crippen LogP contribution in [0.5, 0.6) is 0 Å². The van der Waals surface area contributed by atoms with E-state index in [1.165, 1.54) is 5.56 Å². The molecule has 0 fully saturated rings. The molecule has 0 aliphatic rings. The largest absolute Gasteiger partial charge is 0.302 e. The molecule has 0 aliphatic heterocycles. The number of hydrogen-bond donors (Lipinski definition) is 1. The summed E-state index contributed by atoms with van der Waals surface area (Å²) in [4.78, 5) is 2.32. The van der Waals surface area contributed by atoms with Gasteiger partial charge in [0.2, 0.25) is 0 Å². The maximum Gasteiger partial charge on any atom is 0.0635 e. The van der Waals surface area contributed by atoms with E-state index >= 15 is 0 Å². The molecule has 0 saturated carbocycles. The van der Waals surface area contributed by atoms with E-state index in [-0.39, 0.29) is 0 Å². The van der Waals surface area contributed by atoms with Gasteiger partial charge in [-0.1, -0.05) is 37.3 Å². The summed E-state index contributed by atoms with van der Waals surface area (Å²) >= 11 is 4.44. The first-order chi connectivity index (χ1) is 8.31. The minimum Gasteiger partial charge on any atom is -0.302 e. The molecule has 0 spiro atoms. The SMILES string of the molecule is CCN(CCC#N)CC(CS)c1ccccc1. The molecule has 0 aromatic heterocycles. The first-order valence-electron chi connectivity index (χ1n) is 6.07. The topological polar surface area (TPSA) is 27.0 Å². The molecule has 0 heterocycles. The van der Waals surface area contributed by atoms with Crippen LogP contribution in [-0.4, -0.2) is 30.3 Å². The summed E-state index contributed by atoms with van der Waals surface area (Å²) in [5.41, 5.74) is 1.33. The van der Waals surface area contributed by atoms with Gasteiger partial charge in [0.15, 0.2) is 0 Å². The van der Waals surface area contributed by atoms with Crippen molar-refractivity contribution in [3.05, 3.63) is 35.9 Å². The smallest absolute Gasteiger partial charge is 0.0635 e. The van der Waals surface area contributed by atoms with Gasteiger partial charge in [-0.3, -0.25) is 0 Å². The molecule has 0 saturated heterocycles. The van der Waals surface area contributed by atoms with E-state index in [1.54, 1.807) is 0 Å². The molecule has 92 valence electrons. The van der Waals surface area contributed by atoms with E-state index in [4.69, 9.17) is 5.26 Å². The molecule has 2 nitrogen and oxygen atoms in total. The summed E-state index contributed by atoms with van der Waals surface area (Å²) < 4.78 is 0. The molecule has 1 atom stereocenters. The zero-order chi connectivity index (χ0) is 12.5. The fraction of sp³-hybridized carbons (Fsp3) is 0.500. The van der Waals surface area contributed by atoms with Crippen molar-refractivity contribution < 1.29 is 0 Å². The van der Waals surface area contributed by atoms with Gasteiger partial charge in [0, 0.05) is 25.4 Å². The Hall–Kier alpha value is -0.980. The second-order valence-corrected chi connectivity index (χ2v) is 4.46. The van der Waals surface area contributed by atoms with Crippen molar-refractivity contribution in [2.24, 2.45) is 0 Å². The molecule has 0 amide bonds. The predicted octanol–water partition coefficient (Wildman–Crippen LogP) is 2.94. The van der Waals surface area contributed by atoms with Gasteiger partial charge < -0.3 is 4.90 Å². The summed E-state index contributed by atoms with van der Waals surface area (Å²) in [5, 5.41) is 8.63. The third-order valence-corrected chi connectivity index (χ3v) is 3.40.